The zero-order valence-corrected chi connectivity index (χ0v) is 14.3. The van der Waals surface area contributed by atoms with E-state index >= 15 is 0 Å². The molecule has 0 aliphatic heterocycles. The Morgan fingerprint density at radius 2 is 1.65 bits per heavy atom. The van der Waals surface area contributed by atoms with E-state index in [1.54, 1.807) is 10.9 Å². The average Bonchev–Trinajstić information content (AvgIpc) is 2.95. The highest BCUT2D eigenvalue weighted by Gasteiger charge is 2.12. The molecule has 0 aliphatic rings. The molecular formula is C17H28N4O2. The van der Waals surface area contributed by atoms with Crippen LogP contribution in [-0.2, 0) is 13.1 Å². The standard InChI is InChI=1S/C17H28N4O2/c1-3-5-6-7-8-9-10-12-20-13-18-14-15(22)19-17(23)21(11-4-2)16(14)20/h13H,3-12H2,1-2H3,(H,19,22,23). The number of hydrogen-bond acceptors (Lipinski definition) is 3. The van der Waals surface area contributed by atoms with E-state index in [0.717, 1.165) is 19.4 Å². The normalized spacial score (nSPS) is 11.4. The lowest BCUT2D eigenvalue weighted by molar-refractivity contribution is 0.546. The van der Waals surface area contributed by atoms with Crippen LogP contribution < -0.4 is 11.2 Å². The molecule has 0 bridgehead atoms. The minimum atomic E-state index is -0.393. The fourth-order valence-electron chi connectivity index (χ4n) is 2.97. The van der Waals surface area contributed by atoms with Crippen LogP contribution in [0.25, 0.3) is 11.2 Å². The van der Waals surface area contributed by atoms with Crippen molar-refractivity contribution in [2.75, 3.05) is 0 Å². The maximum Gasteiger partial charge on any atom is 0.330 e. The summed E-state index contributed by atoms with van der Waals surface area (Å²) in [6.45, 7) is 5.63. The van der Waals surface area contributed by atoms with E-state index in [2.05, 4.69) is 16.9 Å². The molecule has 0 saturated carbocycles. The molecule has 0 unspecified atom stereocenters. The number of aromatic amines is 1. The van der Waals surface area contributed by atoms with E-state index in [0.29, 0.717) is 17.7 Å². The summed E-state index contributed by atoms with van der Waals surface area (Å²) in [6.07, 6.45) is 11.2. The first kappa shape index (κ1) is 17.5. The third-order valence-electron chi connectivity index (χ3n) is 4.20. The van der Waals surface area contributed by atoms with Crippen molar-refractivity contribution >= 4 is 11.2 Å². The van der Waals surface area contributed by atoms with Crippen molar-refractivity contribution in [2.24, 2.45) is 0 Å². The van der Waals surface area contributed by atoms with Gasteiger partial charge in [-0.1, -0.05) is 52.4 Å². The Balaban J connectivity index is 2.06. The zero-order valence-electron chi connectivity index (χ0n) is 14.3. The summed E-state index contributed by atoms with van der Waals surface area (Å²) in [5.41, 5.74) is 0.286. The number of nitrogens with zero attached hydrogens (tertiary/aromatic N) is 3. The topological polar surface area (TPSA) is 72.7 Å². The molecule has 0 fully saturated rings. The molecule has 6 nitrogen and oxygen atoms in total. The summed E-state index contributed by atoms with van der Waals surface area (Å²) >= 11 is 0. The van der Waals surface area contributed by atoms with Gasteiger partial charge in [0, 0.05) is 13.1 Å². The van der Waals surface area contributed by atoms with Crippen molar-refractivity contribution in [1.29, 1.82) is 0 Å². The highest BCUT2D eigenvalue weighted by atomic mass is 16.2. The van der Waals surface area contributed by atoms with Gasteiger partial charge in [-0.25, -0.2) is 9.78 Å². The van der Waals surface area contributed by atoms with Crippen molar-refractivity contribution in [1.82, 2.24) is 19.1 Å². The van der Waals surface area contributed by atoms with Gasteiger partial charge in [-0.2, -0.15) is 0 Å². The molecule has 2 heterocycles. The maximum absolute atomic E-state index is 12.0. The molecule has 0 amide bonds. The van der Waals surface area contributed by atoms with Crippen LogP contribution in [0.4, 0.5) is 0 Å². The van der Waals surface area contributed by atoms with E-state index in [-0.39, 0.29) is 5.69 Å². The Hall–Kier alpha value is -1.85. The molecule has 128 valence electrons. The number of imidazole rings is 1. The van der Waals surface area contributed by atoms with Gasteiger partial charge in [0.1, 0.15) is 5.65 Å². The number of hydrogen-bond donors (Lipinski definition) is 1. The van der Waals surface area contributed by atoms with E-state index in [4.69, 9.17) is 0 Å². The van der Waals surface area contributed by atoms with Gasteiger partial charge in [0.05, 0.1) is 6.33 Å². The largest absolute Gasteiger partial charge is 0.330 e. The molecule has 0 saturated heterocycles. The molecule has 2 aromatic rings. The zero-order chi connectivity index (χ0) is 16.7. The molecule has 6 heteroatoms. The van der Waals surface area contributed by atoms with Gasteiger partial charge in [0.15, 0.2) is 5.52 Å². The molecule has 2 aromatic heterocycles. The Labute approximate surface area is 136 Å². The van der Waals surface area contributed by atoms with Crippen molar-refractivity contribution in [2.45, 2.75) is 78.3 Å². The highest BCUT2D eigenvalue weighted by Crippen LogP contribution is 2.11. The van der Waals surface area contributed by atoms with E-state index in [1.807, 2.05) is 11.5 Å². The molecule has 0 radical (unpaired) electrons. The second-order valence-corrected chi connectivity index (χ2v) is 6.14. The molecule has 0 spiro atoms. The van der Waals surface area contributed by atoms with E-state index < -0.39 is 5.56 Å². The van der Waals surface area contributed by atoms with Gasteiger partial charge in [-0.15, -0.1) is 0 Å². The van der Waals surface area contributed by atoms with Crippen LogP contribution in [0.2, 0.25) is 0 Å². The van der Waals surface area contributed by atoms with Crippen LogP contribution >= 0.6 is 0 Å². The number of unbranched alkanes of at least 4 members (excludes halogenated alkanes) is 6. The summed E-state index contributed by atoms with van der Waals surface area (Å²) < 4.78 is 3.58. The number of aromatic nitrogens is 4. The summed E-state index contributed by atoms with van der Waals surface area (Å²) in [6, 6.07) is 0. The van der Waals surface area contributed by atoms with Crippen molar-refractivity contribution in [3.8, 4) is 0 Å². The third kappa shape index (κ3) is 4.33. The predicted molar refractivity (Wildman–Crippen MR) is 92.9 cm³/mol. The lowest BCUT2D eigenvalue weighted by Gasteiger charge is -2.09. The predicted octanol–water partition coefficient (Wildman–Crippen LogP) is 3.05. The molecule has 23 heavy (non-hydrogen) atoms. The SMILES string of the molecule is CCCCCCCCCn1cnc2c(=O)[nH]c(=O)n(CCC)c21. The monoisotopic (exact) mass is 320 g/mol. The number of fused-ring (bicyclic) bond motifs is 1. The summed E-state index contributed by atoms with van der Waals surface area (Å²) in [7, 11) is 0. The lowest BCUT2D eigenvalue weighted by atomic mass is 10.1. The molecule has 1 N–H and O–H groups in total. The fraction of sp³-hybridized carbons (Fsp3) is 0.706. The van der Waals surface area contributed by atoms with Crippen LogP contribution in [0.3, 0.4) is 0 Å². The van der Waals surface area contributed by atoms with Gasteiger partial charge in [-0.05, 0) is 12.8 Å². The summed E-state index contributed by atoms with van der Waals surface area (Å²) in [4.78, 5) is 30.5. The van der Waals surface area contributed by atoms with E-state index in [9.17, 15) is 9.59 Å². The Morgan fingerprint density at radius 3 is 2.35 bits per heavy atom. The molecule has 0 aliphatic carbocycles. The van der Waals surface area contributed by atoms with Gasteiger partial charge in [0.2, 0.25) is 0 Å². The van der Waals surface area contributed by atoms with Gasteiger partial charge >= 0.3 is 5.69 Å². The van der Waals surface area contributed by atoms with Crippen molar-refractivity contribution < 1.29 is 0 Å². The number of nitrogens with one attached hydrogen (secondary N) is 1. The summed E-state index contributed by atoms with van der Waals surface area (Å²) in [5.74, 6) is 0. The van der Waals surface area contributed by atoms with Crippen LogP contribution in [0.5, 0.6) is 0 Å². The minimum absolute atomic E-state index is 0.342. The van der Waals surface area contributed by atoms with Crippen LogP contribution in [-0.4, -0.2) is 19.1 Å². The fourth-order valence-corrected chi connectivity index (χ4v) is 2.97. The number of H-pyrrole nitrogens is 1. The molecule has 0 aromatic carbocycles. The third-order valence-corrected chi connectivity index (χ3v) is 4.20. The molecular weight excluding hydrogens is 292 g/mol. The Kier molecular flexibility index (Phi) is 6.62. The number of rotatable bonds is 10. The second-order valence-electron chi connectivity index (χ2n) is 6.14. The number of aryl methyl sites for hydroxylation is 2. The van der Waals surface area contributed by atoms with Crippen molar-refractivity contribution in [3.63, 3.8) is 0 Å². The molecule has 2 rings (SSSR count). The van der Waals surface area contributed by atoms with Gasteiger partial charge in [-0.3, -0.25) is 14.3 Å². The first-order chi connectivity index (χ1) is 11.2. The lowest BCUT2D eigenvalue weighted by Crippen LogP contribution is -2.31. The Morgan fingerprint density at radius 1 is 0.957 bits per heavy atom. The molecule has 0 atom stereocenters. The average molecular weight is 320 g/mol. The highest BCUT2D eigenvalue weighted by molar-refractivity contribution is 5.69. The summed E-state index contributed by atoms with van der Waals surface area (Å²) in [5, 5.41) is 0. The first-order valence-corrected chi connectivity index (χ1v) is 8.87. The van der Waals surface area contributed by atoms with Crippen LogP contribution in [0.15, 0.2) is 15.9 Å². The van der Waals surface area contributed by atoms with Crippen LogP contribution in [0.1, 0.15) is 65.2 Å². The quantitative estimate of drug-likeness (QED) is 0.684. The second kappa shape index (κ2) is 8.70. The van der Waals surface area contributed by atoms with Gasteiger partial charge < -0.3 is 4.57 Å². The first-order valence-electron chi connectivity index (χ1n) is 8.87. The van der Waals surface area contributed by atoms with E-state index in [1.165, 1.54) is 38.5 Å². The van der Waals surface area contributed by atoms with Crippen LogP contribution in [0, 0.1) is 0 Å². The minimum Gasteiger partial charge on any atom is -0.316 e. The smallest absolute Gasteiger partial charge is 0.316 e. The Bertz CT molecular complexity index is 726. The van der Waals surface area contributed by atoms with Gasteiger partial charge in [0.25, 0.3) is 5.56 Å². The maximum atomic E-state index is 12.0. The van der Waals surface area contributed by atoms with Crippen molar-refractivity contribution in [3.05, 3.63) is 27.2 Å².